The predicted octanol–water partition coefficient (Wildman–Crippen LogP) is 12.6. The van der Waals surface area contributed by atoms with Gasteiger partial charge in [0.05, 0.1) is 33.4 Å². The highest BCUT2D eigenvalue weighted by Crippen LogP contribution is 2.42. The molecular formula is C60H42N2Si. The minimum Gasteiger partial charge on any atom is -0.307 e. The van der Waals surface area contributed by atoms with Gasteiger partial charge in [-0.25, -0.2) is 0 Å². The van der Waals surface area contributed by atoms with Gasteiger partial charge in [-0.3, -0.25) is 0 Å². The Labute approximate surface area is 368 Å². The van der Waals surface area contributed by atoms with E-state index in [1.165, 1.54) is 86.6 Å². The summed E-state index contributed by atoms with van der Waals surface area (Å²) in [6.07, 6.45) is 0. The van der Waals surface area contributed by atoms with Crippen molar-refractivity contribution in [3.8, 4) is 33.6 Å². The molecule has 3 heteroatoms. The summed E-state index contributed by atoms with van der Waals surface area (Å²) in [6, 6.07) is 94.4. The number of para-hydroxylation sites is 4. The van der Waals surface area contributed by atoms with Gasteiger partial charge in [-0.05, 0) is 61.7 Å². The van der Waals surface area contributed by atoms with Crippen LogP contribution < -0.4 is 20.7 Å². The molecule has 2 heterocycles. The number of benzene rings is 10. The Balaban J connectivity index is 1.27. The van der Waals surface area contributed by atoms with Crippen LogP contribution in [-0.2, 0) is 0 Å². The SMILES string of the molecule is c1ccc(-c2ccc3c4cccc(-n5c6ccccc6c6cccc([Si](c7ccccc7)(c7ccccc7)c7ccccc7)c65)c4n(-c4ccccc4-c4ccccc4)c3c2)cc1. The van der Waals surface area contributed by atoms with Crippen molar-refractivity contribution in [2.45, 2.75) is 0 Å². The van der Waals surface area contributed by atoms with Crippen LogP contribution in [-0.4, -0.2) is 17.2 Å². The highest BCUT2D eigenvalue weighted by Gasteiger charge is 2.43. The van der Waals surface area contributed by atoms with E-state index in [-0.39, 0.29) is 0 Å². The molecule has 10 aromatic carbocycles. The van der Waals surface area contributed by atoms with Crippen LogP contribution in [0.3, 0.4) is 0 Å². The topological polar surface area (TPSA) is 9.86 Å². The Morgan fingerprint density at radius 2 is 0.730 bits per heavy atom. The molecule has 0 N–H and O–H groups in total. The lowest BCUT2D eigenvalue weighted by Gasteiger charge is -2.35. The lowest BCUT2D eigenvalue weighted by molar-refractivity contribution is 1.13. The molecule has 0 unspecified atom stereocenters. The first-order valence-corrected chi connectivity index (χ1v) is 23.8. The Hall–Kier alpha value is -7.98. The van der Waals surface area contributed by atoms with E-state index in [1.807, 2.05) is 0 Å². The Bertz CT molecular complexity index is 3500. The molecule has 0 aliphatic carbocycles. The average Bonchev–Trinajstić information content (AvgIpc) is 3.89. The summed E-state index contributed by atoms with van der Waals surface area (Å²) in [7, 11) is -2.99. The first-order chi connectivity index (χ1) is 31.3. The third-order valence-corrected chi connectivity index (χ3v) is 17.9. The van der Waals surface area contributed by atoms with Crippen molar-refractivity contribution in [3.05, 3.63) is 255 Å². The van der Waals surface area contributed by atoms with Crippen molar-refractivity contribution in [3.63, 3.8) is 0 Å². The zero-order valence-electron chi connectivity index (χ0n) is 34.6. The number of hydrogen-bond donors (Lipinski definition) is 0. The molecule has 0 aliphatic heterocycles. The third-order valence-electron chi connectivity index (χ3n) is 13.1. The molecule has 63 heavy (non-hydrogen) atoms. The fourth-order valence-electron chi connectivity index (χ4n) is 10.4. The second-order valence-electron chi connectivity index (χ2n) is 16.4. The van der Waals surface area contributed by atoms with Gasteiger partial charge in [0.25, 0.3) is 0 Å². The van der Waals surface area contributed by atoms with E-state index in [9.17, 15) is 0 Å². The lowest BCUT2D eigenvalue weighted by atomic mass is 10.0. The van der Waals surface area contributed by atoms with Crippen LogP contribution in [0.1, 0.15) is 0 Å². The van der Waals surface area contributed by atoms with Gasteiger partial charge in [-0.1, -0.05) is 231 Å². The molecule has 0 saturated heterocycles. The molecule has 0 fully saturated rings. The van der Waals surface area contributed by atoms with E-state index in [2.05, 4.69) is 264 Å². The van der Waals surface area contributed by atoms with Crippen LogP contribution in [0.15, 0.2) is 255 Å². The first-order valence-electron chi connectivity index (χ1n) is 21.8. The molecule has 2 aromatic heterocycles. The minimum atomic E-state index is -2.99. The number of hydrogen-bond acceptors (Lipinski definition) is 0. The van der Waals surface area contributed by atoms with Gasteiger partial charge in [0, 0.05) is 27.1 Å². The molecule has 0 bridgehead atoms. The Kier molecular flexibility index (Phi) is 8.87. The number of nitrogens with zero attached hydrogens (tertiary/aromatic N) is 2. The summed E-state index contributed by atoms with van der Waals surface area (Å²) < 4.78 is 5.16. The summed E-state index contributed by atoms with van der Waals surface area (Å²) in [6.45, 7) is 0. The van der Waals surface area contributed by atoms with E-state index in [4.69, 9.17) is 0 Å². The molecule has 2 nitrogen and oxygen atoms in total. The van der Waals surface area contributed by atoms with Gasteiger partial charge in [0.15, 0.2) is 8.07 Å². The van der Waals surface area contributed by atoms with Crippen LogP contribution in [0.25, 0.3) is 77.2 Å². The van der Waals surface area contributed by atoms with Gasteiger partial charge in [-0.2, -0.15) is 0 Å². The Morgan fingerprint density at radius 3 is 1.38 bits per heavy atom. The maximum Gasteiger partial charge on any atom is 0.181 e. The molecule has 0 radical (unpaired) electrons. The largest absolute Gasteiger partial charge is 0.307 e. The zero-order chi connectivity index (χ0) is 41.7. The second-order valence-corrected chi connectivity index (χ2v) is 20.2. The van der Waals surface area contributed by atoms with E-state index >= 15 is 0 Å². The summed E-state index contributed by atoms with van der Waals surface area (Å²) in [5.74, 6) is 0. The lowest BCUT2D eigenvalue weighted by Crippen LogP contribution is -2.75. The maximum atomic E-state index is 2.61. The summed E-state index contributed by atoms with van der Waals surface area (Å²) in [4.78, 5) is 0. The molecule has 0 amide bonds. The minimum absolute atomic E-state index is 1.14. The van der Waals surface area contributed by atoms with E-state index < -0.39 is 8.07 Å². The normalized spacial score (nSPS) is 11.8. The van der Waals surface area contributed by atoms with Gasteiger partial charge in [0.2, 0.25) is 0 Å². The summed E-state index contributed by atoms with van der Waals surface area (Å²) >= 11 is 0. The van der Waals surface area contributed by atoms with Crippen molar-refractivity contribution in [2.24, 2.45) is 0 Å². The Morgan fingerprint density at radius 1 is 0.270 bits per heavy atom. The molecule has 296 valence electrons. The standard InChI is InChI=1S/C60H42N2Si/c1-6-22-43(23-7-1)45-40-41-51-52-34-20-38-56(59(52)62(57(51)42-45)54-36-18-16-32-49(54)44-24-8-2-9-25-44)61-55-37-19-17-33-50(55)53-35-21-39-58(60(53)61)63(46-26-10-3-11-27-46,47-28-12-4-13-29-47)48-30-14-5-15-31-48/h1-42H. The van der Waals surface area contributed by atoms with Gasteiger partial charge in [-0.15, -0.1) is 0 Å². The van der Waals surface area contributed by atoms with Crippen molar-refractivity contribution in [1.82, 2.24) is 9.13 Å². The van der Waals surface area contributed by atoms with Crippen molar-refractivity contribution in [1.29, 1.82) is 0 Å². The van der Waals surface area contributed by atoms with Crippen LogP contribution in [0.4, 0.5) is 0 Å². The van der Waals surface area contributed by atoms with Crippen LogP contribution in [0.2, 0.25) is 0 Å². The predicted molar refractivity (Wildman–Crippen MR) is 270 cm³/mol. The smallest absolute Gasteiger partial charge is 0.181 e. The summed E-state index contributed by atoms with van der Waals surface area (Å²) in [5, 5.41) is 10.3. The highest BCUT2D eigenvalue weighted by molar-refractivity contribution is 7.20. The first kappa shape index (κ1) is 36.8. The molecule has 0 spiro atoms. The fraction of sp³-hybridized carbons (Fsp3) is 0. The van der Waals surface area contributed by atoms with Gasteiger partial charge >= 0.3 is 0 Å². The number of fused-ring (bicyclic) bond motifs is 6. The number of aromatic nitrogens is 2. The highest BCUT2D eigenvalue weighted by atomic mass is 28.3. The quantitative estimate of drug-likeness (QED) is 0.107. The van der Waals surface area contributed by atoms with E-state index in [0.717, 1.165) is 11.4 Å². The molecule has 0 atom stereocenters. The fourth-order valence-corrected chi connectivity index (χ4v) is 15.4. The third kappa shape index (κ3) is 5.78. The number of rotatable bonds is 8. The monoisotopic (exact) mass is 818 g/mol. The van der Waals surface area contributed by atoms with Crippen LogP contribution >= 0.6 is 0 Å². The van der Waals surface area contributed by atoms with Crippen molar-refractivity contribution < 1.29 is 0 Å². The molecule has 12 aromatic rings. The van der Waals surface area contributed by atoms with Crippen LogP contribution in [0.5, 0.6) is 0 Å². The van der Waals surface area contributed by atoms with E-state index in [0.29, 0.717) is 0 Å². The van der Waals surface area contributed by atoms with Gasteiger partial charge < -0.3 is 9.13 Å². The maximum absolute atomic E-state index is 2.99. The molecular weight excluding hydrogens is 777 g/mol. The van der Waals surface area contributed by atoms with Crippen molar-refractivity contribution >= 4 is 72.4 Å². The molecule has 0 saturated carbocycles. The molecule has 12 rings (SSSR count). The average molecular weight is 819 g/mol. The van der Waals surface area contributed by atoms with Crippen molar-refractivity contribution in [2.75, 3.05) is 0 Å². The summed E-state index contributed by atoms with van der Waals surface area (Å²) in [5.41, 5.74) is 11.8. The second kappa shape index (κ2) is 15.2. The van der Waals surface area contributed by atoms with E-state index in [1.54, 1.807) is 0 Å². The molecule has 0 aliphatic rings. The zero-order valence-corrected chi connectivity index (χ0v) is 35.6. The van der Waals surface area contributed by atoms with Gasteiger partial charge in [0.1, 0.15) is 0 Å². The van der Waals surface area contributed by atoms with Crippen LogP contribution in [0, 0.1) is 0 Å².